The van der Waals surface area contributed by atoms with Crippen molar-refractivity contribution in [2.24, 2.45) is 0 Å². The predicted molar refractivity (Wildman–Crippen MR) is 151 cm³/mol. The third kappa shape index (κ3) is 8.90. The quantitative estimate of drug-likeness (QED) is 0.142. The van der Waals surface area contributed by atoms with E-state index in [1.54, 1.807) is 18.2 Å². The molecule has 2 amide bonds. The number of aliphatic carboxylic acids is 2. The van der Waals surface area contributed by atoms with Gasteiger partial charge >= 0.3 is 11.9 Å². The first kappa shape index (κ1) is 31.8. The summed E-state index contributed by atoms with van der Waals surface area (Å²) in [6.45, 7) is 6.51. The van der Waals surface area contributed by atoms with Gasteiger partial charge in [0.05, 0.1) is 6.04 Å². The maximum absolute atomic E-state index is 12.8. The van der Waals surface area contributed by atoms with E-state index in [1.165, 1.54) is 11.8 Å². The van der Waals surface area contributed by atoms with Crippen molar-refractivity contribution in [1.82, 2.24) is 25.8 Å². The molecule has 1 fully saturated rings. The molecule has 13 nitrogen and oxygen atoms in total. The second-order valence-corrected chi connectivity index (χ2v) is 10.6. The Morgan fingerprint density at radius 2 is 1.93 bits per heavy atom. The number of ether oxygens (including phenoxy) is 1. The Morgan fingerprint density at radius 1 is 1.17 bits per heavy atom. The number of amides is 2. The maximum Gasteiger partial charge on any atom is 0.326 e. The highest BCUT2D eigenvalue weighted by molar-refractivity contribution is 5.99. The van der Waals surface area contributed by atoms with Crippen molar-refractivity contribution in [1.29, 1.82) is 0 Å². The first-order chi connectivity index (χ1) is 19.5. The molecule has 3 rings (SSSR count). The van der Waals surface area contributed by atoms with Crippen LogP contribution in [-0.4, -0.2) is 105 Å². The number of aromatic amines is 1. The van der Waals surface area contributed by atoms with Gasteiger partial charge < -0.3 is 40.6 Å². The van der Waals surface area contributed by atoms with Gasteiger partial charge in [-0.15, -0.1) is 0 Å². The predicted octanol–water partition coefficient (Wildman–Crippen LogP) is 0.923. The molecule has 2 unspecified atom stereocenters. The number of H-pyrrole nitrogens is 1. The molecule has 4 atom stereocenters. The Labute approximate surface area is 238 Å². The maximum atomic E-state index is 12.8. The van der Waals surface area contributed by atoms with E-state index in [-0.39, 0.29) is 31.5 Å². The molecule has 0 radical (unpaired) electrons. The zero-order valence-electron chi connectivity index (χ0n) is 23.7. The van der Waals surface area contributed by atoms with Crippen LogP contribution in [0.4, 0.5) is 0 Å². The van der Waals surface area contributed by atoms with E-state index < -0.39 is 42.1 Å². The highest BCUT2D eigenvalue weighted by atomic mass is 16.5. The second kappa shape index (κ2) is 14.8. The lowest BCUT2D eigenvalue weighted by Crippen LogP contribution is -2.53. The molecule has 41 heavy (non-hydrogen) atoms. The average Bonchev–Trinajstić information content (AvgIpc) is 3.59. The molecule has 0 aliphatic carbocycles. The highest BCUT2D eigenvalue weighted by Crippen LogP contribution is 2.26. The van der Waals surface area contributed by atoms with Gasteiger partial charge in [0.1, 0.15) is 36.2 Å². The smallest absolute Gasteiger partial charge is 0.326 e. The van der Waals surface area contributed by atoms with E-state index in [4.69, 9.17) is 4.74 Å². The fourth-order valence-corrected chi connectivity index (χ4v) is 4.78. The molecule has 0 saturated carbocycles. The fourth-order valence-electron chi connectivity index (χ4n) is 4.78. The summed E-state index contributed by atoms with van der Waals surface area (Å²) in [5.41, 5.74) is 1.00. The zero-order chi connectivity index (χ0) is 30.1. The number of hydrogen-bond acceptors (Lipinski definition) is 8. The number of carbonyl (C=O) groups is 4. The van der Waals surface area contributed by atoms with Crippen molar-refractivity contribution in [3.05, 3.63) is 30.0 Å². The molecule has 226 valence electrons. The van der Waals surface area contributed by atoms with Crippen LogP contribution in [0.25, 0.3) is 10.9 Å². The summed E-state index contributed by atoms with van der Waals surface area (Å²) < 4.78 is 5.79. The third-order valence-corrected chi connectivity index (χ3v) is 6.96. The van der Waals surface area contributed by atoms with E-state index >= 15 is 0 Å². The topological polar surface area (TPSA) is 193 Å². The number of benzene rings is 1. The number of carbonyl (C=O) groups excluding carboxylic acids is 2. The van der Waals surface area contributed by atoms with Crippen molar-refractivity contribution in [3.63, 3.8) is 0 Å². The van der Waals surface area contributed by atoms with Crippen molar-refractivity contribution in [3.8, 4) is 5.75 Å². The number of fused-ring (bicyclic) bond motifs is 1. The summed E-state index contributed by atoms with van der Waals surface area (Å²) in [6.07, 6.45) is 0.742. The Kier molecular flexibility index (Phi) is 11.5. The minimum Gasteiger partial charge on any atom is -0.490 e. The lowest BCUT2D eigenvalue weighted by Gasteiger charge is -2.27. The van der Waals surface area contributed by atoms with Gasteiger partial charge in [0.15, 0.2) is 0 Å². The van der Waals surface area contributed by atoms with Crippen LogP contribution < -0.4 is 20.7 Å². The van der Waals surface area contributed by atoms with Gasteiger partial charge in [-0.05, 0) is 50.8 Å². The van der Waals surface area contributed by atoms with E-state index in [1.807, 2.05) is 19.9 Å². The van der Waals surface area contributed by atoms with Crippen LogP contribution in [0.15, 0.2) is 24.3 Å². The summed E-state index contributed by atoms with van der Waals surface area (Å²) in [5.74, 6) is -2.49. The first-order valence-electron chi connectivity index (χ1n) is 13.9. The highest BCUT2D eigenvalue weighted by Gasteiger charge is 2.36. The summed E-state index contributed by atoms with van der Waals surface area (Å²) in [7, 11) is 0. The number of likely N-dealkylation sites (tertiary alicyclic amines) is 1. The number of aliphatic hydroxyl groups excluding tert-OH is 1. The third-order valence-electron chi connectivity index (χ3n) is 6.96. The first-order valence-corrected chi connectivity index (χ1v) is 13.9. The van der Waals surface area contributed by atoms with Crippen molar-refractivity contribution in [2.75, 3.05) is 26.2 Å². The van der Waals surface area contributed by atoms with Gasteiger partial charge in [0.2, 0.25) is 5.91 Å². The normalized spacial score (nSPS) is 17.4. The summed E-state index contributed by atoms with van der Waals surface area (Å²) in [4.78, 5) is 53.0. The number of nitrogens with zero attached hydrogens (tertiary/aromatic N) is 1. The Hall–Kier alpha value is -3.68. The van der Waals surface area contributed by atoms with Gasteiger partial charge in [-0.3, -0.25) is 19.7 Å². The van der Waals surface area contributed by atoms with Crippen LogP contribution in [0.2, 0.25) is 0 Å². The van der Waals surface area contributed by atoms with Gasteiger partial charge in [-0.1, -0.05) is 19.9 Å². The second-order valence-electron chi connectivity index (χ2n) is 10.6. The molecular formula is C28H41N5O8. The molecule has 1 saturated heterocycles. The Bertz CT molecular complexity index is 1220. The van der Waals surface area contributed by atoms with Crippen LogP contribution in [0, 0.1) is 0 Å². The van der Waals surface area contributed by atoms with Crippen molar-refractivity contribution < 1.29 is 39.2 Å². The molecule has 0 spiro atoms. The van der Waals surface area contributed by atoms with Crippen LogP contribution >= 0.6 is 0 Å². The summed E-state index contributed by atoms with van der Waals surface area (Å²) >= 11 is 0. The lowest BCUT2D eigenvalue weighted by molar-refractivity contribution is -0.149. The van der Waals surface area contributed by atoms with Crippen molar-refractivity contribution in [2.45, 2.75) is 76.7 Å². The van der Waals surface area contributed by atoms with Gasteiger partial charge in [-0.25, -0.2) is 4.79 Å². The van der Waals surface area contributed by atoms with Crippen molar-refractivity contribution >= 4 is 34.7 Å². The standard InChI is InChI=1S/C28H41N5O8/c1-16(2)30-14-18(34)15-41-24-10-4-7-20-19(24)13-22(32-20)25(35)29-11-5-8-21(27(37)38)31-17(3)26(36)33-12-6-9-23(33)28(39)40/h4,7,10,13,16-18,21,23,30-32,34H,5-6,8-9,11-12,14-15H2,1-3H3,(H,29,35)(H,37,38)(H,39,40)/t17-,18?,21?,23-/m0/s1. The molecule has 1 aliphatic rings. The monoisotopic (exact) mass is 575 g/mol. The molecular weight excluding hydrogens is 534 g/mol. The van der Waals surface area contributed by atoms with Gasteiger partial charge in [-0.2, -0.15) is 0 Å². The SMILES string of the molecule is CC(C)NCC(O)COc1cccc2[nH]c(C(=O)NCCCC(N[C@@H](C)C(=O)N3CCC[C@H]3C(=O)O)C(=O)O)cc12. The number of aliphatic hydroxyl groups is 1. The molecule has 2 aromatic rings. The molecule has 1 aromatic heterocycles. The van der Waals surface area contributed by atoms with Crippen LogP contribution in [0.5, 0.6) is 5.75 Å². The number of carboxylic acids is 2. The minimum absolute atomic E-state index is 0.0900. The molecule has 1 aromatic carbocycles. The van der Waals surface area contributed by atoms with Gasteiger partial charge in [0, 0.05) is 36.6 Å². The molecule has 13 heteroatoms. The van der Waals surface area contributed by atoms with Gasteiger partial charge in [0.25, 0.3) is 5.91 Å². The summed E-state index contributed by atoms with van der Waals surface area (Å²) in [5, 5.41) is 38.5. The van der Waals surface area contributed by atoms with Crippen LogP contribution in [0.1, 0.15) is 56.9 Å². The molecule has 7 N–H and O–H groups in total. The Balaban J connectivity index is 1.49. The largest absolute Gasteiger partial charge is 0.490 e. The fraction of sp³-hybridized carbons (Fsp3) is 0.571. The summed E-state index contributed by atoms with van der Waals surface area (Å²) in [6, 6.07) is 4.44. The average molecular weight is 576 g/mol. The number of nitrogens with one attached hydrogen (secondary N) is 4. The van der Waals surface area contributed by atoms with E-state index in [9.17, 15) is 34.5 Å². The number of rotatable bonds is 16. The number of hydrogen-bond donors (Lipinski definition) is 7. The lowest BCUT2D eigenvalue weighted by atomic mass is 10.1. The van der Waals surface area contributed by atoms with Crippen LogP contribution in [0.3, 0.4) is 0 Å². The van der Waals surface area contributed by atoms with E-state index in [0.29, 0.717) is 54.7 Å². The minimum atomic E-state index is -1.14. The number of aromatic nitrogens is 1. The molecule has 1 aliphatic heterocycles. The van der Waals surface area contributed by atoms with Crippen LogP contribution in [-0.2, 0) is 14.4 Å². The zero-order valence-corrected chi connectivity index (χ0v) is 23.7. The van der Waals surface area contributed by atoms with E-state index in [0.717, 1.165) is 0 Å². The molecule has 2 heterocycles. The molecule has 0 bridgehead atoms. The van der Waals surface area contributed by atoms with E-state index in [2.05, 4.69) is 20.9 Å². The Morgan fingerprint density at radius 3 is 2.61 bits per heavy atom. The number of carboxylic acid groups (broad SMARTS) is 2.